The molecule has 6 aromatic carbocycles. The summed E-state index contributed by atoms with van der Waals surface area (Å²) in [5, 5.41) is 22.6. The molecular weight excluding hydrogens is 1510 g/mol. The van der Waals surface area contributed by atoms with E-state index in [1.807, 2.05) is 97.1 Å². The largest absolute Gasteiger partial charge is 0.457 e. The molecule has 0 bridgehead atoms. The number of alkyl halides is 2. The van der Waals surface area contributed by atoms with E-state index in [4.69, 9.17) is 49.6 Å². The number of aliphatic hydroxyl groups excluding tert-OH is 1. The Balaban J connectivity index is 0.000000489. The summed E-state index contributed by atoms with van der Waals surface area (Å²) < 4.78 is 15.4. The summed E-state index contributed by atoms with van der Waals surface area (Å²) in [5.74, 6) is -0.0724. The molecule has 410 valence electrons. The van der Waals surface area contributed by atoms with E-state index in [1.165, 1.54) is 30.2 Å². The Labute approximate surface area is 524 Å². The summed E-state index contributed by atoms with van der Waals surface area (Å²) in [7, 11) is 0. The SMILES string of the molecule is Br.C1CCOC1.ClCCl.N=C(N)SCc1ccc(Br)cc1C(=O)NCc1ccc(Br)cc1.NC(N)=S.NCc1ccc(Br)cc1.O=C(NCc1ccc(Br)cc1)c1cc(Br)ccc1CO.O=C1OCc2ccc(Br)cc21. The van der Waals surface area contributed by atoms with Gasteiger partial charge in [0.25, 0.3) is 11.8 Å². The van der Waals surface area contributed by atoms with Crippen LogP contribution < -0.4 is 33.6 Å². The second-order valence-corrected chi connectivity index (χ2v) is 22.9. The number of hydrogen-bond donors (Lipinski definition) is 8. The molecule has 13 nitrogen and oxygen atoms in total. The van der Waals surface area contributed by atoms with Gasteiger partial charge in [0, 0.05) is 82.1 Å². The van der Waals surface area contributed by atoms with Crippen molar-refractivity contribution < 1.29 is 29.0 Å². The van der Waals surface area contributed by atoms with Gasteiger partial charge in [-0.1, -0.05) is 162 Å². The zero-order valence-corrected chi connectivity index (χ0v) is 54.8. The second kappa shape index (κ2) is 41.1. The Morgan fingerprint density at radius 1 is 0.645 bits per heavy atom. The number of thioether (sulfide) groups is 1. The zero-order valence-electron chi connectivity index (χ0n) is 40.4. The van der Waals surface area contributed by atoms with Crippen molar-refractivity contribution in [1.82, 2.24) is 10.6 Å². The maximum Gasteiger partial charge on any atom is 0.338 e. The first-order valence-corrected chi connectivity index (χ1v) is 29.4. The number of ether oxygens (including phenoxy) is 2. The van der Waals surface area contributed by atoms with E-state index >= 15 is 0 Å². The lowest BCUT2D eigenvalue weighted by atomic mass is 10.1. The van der Waals surface area contributed by atoms with Gasteiger partial charge in [0.15, 0.2) is 10.3 Å². The molecule has 0 aromatic heterocycles. The number of amides is 2. The summed E-state index contributed by atoms with van der Waals surface area (Å²) in [6.45, 7) is 3.78. The number of thiocarbonyl (C=S) groups is 1. The van der Waals surface area contributed by atoms with Crippen molar-refractivity contribution in [2.45, 2.75) is 51.4 Å². The molecule has 2 aliphatic heterocycles. The molecule has 0 saturated carbocycles. The van der Waals surface area contributed by atoms with Crippen molar-refractivity contribution in [2.75, 3.05) is 18.6 Å². The van der Waals surface area contributed by atoms with E-state index in [1.54, 1.807) is 30.3 Å². The summed E-state index contributed by atoms with van der Waals surface area (Å²) in [5.41, 5.74) is 27.4. The van der Waals surface area contributed by atoms with Crippen molar-refractivity contribution in [3.63, 3.8) is 0 Å². The normalized spacial score (nSPS) is 11.2. The second-order valence-electron chi connectivity index (χ2n) is 15.1. The van der Waals surface area contributed by atoms with E-state index in [0.29, 0.717) is 54.2 Å². The molecule has 2 amide bonds. The van der Waals surface area contributed by atoms with Gasteiger partial charge in [-0.3, -0.25) is 15.0 Å². The van der Waals surface area contributed by atoms with Gasteiger partial charge in [0.2, 0.25) is 0 Å². The summed E-state index contributed by atoms with van der Waals surface area (Å²) in [6.07, 6.45) is 2.56. The van der Waals surface area contributed by atoms with Crippen molar-refractivity contribution in [3.8, 4) is 0 Å². The van der Waals surface area contributed by atoms with Crippen LogP contribution in [0, 0.1) is 5.41 Å². The van der Waals surface area contributed by atoms with Gasteiger partial charge in [-0.25, -0.2) is 4.79 Å². The van der Waals surface area contributed by atoms with Crippen LogP contribution in [0.5, 0.6) is 0 Å². The Morgan fingerprint density at radius 3 is 1.42 bits per heavy atom. The molecule has 24 heteroatoms. The highest BCUT2D eigenvalue weighted by Crippen LogP contribution is 2.24. The molecule has 0 atom stereocenters. The number of halogens is 9. The number of cyclic esters (lactones) is 1. The molecule has 8 rings (SSSR count). The first kappa shape index (κ1) is 71.1. The fraction of sp³-hybridized carbons (Fsp3) is 0.212. The number of hydrogen-bond acceptors (Lipinski definition) is 10. The summed E-state index contributed by atoms with van der Waals surface area (Å²) >= 11 is 34.9. The van der Waals surface area contributed by atoms with Crippen molar-refractivity contribution in [1.29, 1.82) is 5.41 Å². The molecule has 1 saturated heterocycles. The highest BCUT2D eigenvalue weighted by molar-refractivity contribution is 9.11. The van der Waals surface area contributed by atoms with Gasteiger partial charge in [-0.15, -0.1) is 40.2 Å². The number of amidine groups is 1. The van der Waals surface area contributed by atoms with Crippen LogP contribution in [0.1, 0.15) is 77.3 Å². The lowest BCUT2D eigenvalue weighted by molar-refractivity contribution is 0.0534. The van der Waals surface area contributed by atoms with Gasteiger partial charge in [-0.05, 0) is 126 Å². The minimum atomic E-state index is -0.221. The third-order valence-corrected chi connectivity index (χ3v) is 13.4. The lowest BCUT2D eigenvalue weighted by Gasteiger charge is -2.11. The smallest absolute Gasteiger partial charge is 0.338 e. The van der Waals surface area contributed by atoms with Crippen LogP contribution >= 0.6 is 160 Å². The predicted molar refractivity (Wildman–Crippen MR) is 341 cm³/mol. The minimum absolute atomic E-state index is 0. The van der Waals surface area contributed by atoms with Crippen molar-refractivity contribution >= 4 is 188 Å². The first-order valence-electron chi connectivity index (χ1n) is 22.1. The number of aliphatic hydroxyl groups is 1. The molecule has 1 fully saturated rings. The topological polar surface area (TPSA) is 242 Å². The van der Waals surface area contributed by atoms with Gasteiger partial charge in [0.1, 0.15) is 6.61 Å². The molecule has 2 heterocycles. The number of carbonyl (C=O) groups is 3. The maximum absolute atomic E-state index is 12.5. The first-order chi connectivity index (χ1) is 35.8. The predicted octanol–water partition coefficient (Wildman–Crippen LogP) is 13.9. The molecule has 2 aliphatic rings. The summed E-state index contributed by atoms with van der Waals surface area (Å²) in [4.78, 5) is 35.6. The van der Waals surface area contributed by atoms with Crippen LogP contribution in [-0.4, -0.2) is 51.7 Å². The van der Waals surface area contributed by atoms with E-state index in [9.17, 15) is 19.5 Å². The van der Waals surface area contributed by atoms with Gasteiger partial charge in [0.05, 0.1) is 17.5 Å². The average Bonchev–Trinajstić information content (AvgIpc) is 4.10. The highest BCUT2D eigenvalue weighted by atomic mass is 79.9. The van der Waals surface area contributed by atoms with E-state index in [2.05, 4.69) is 130 Å². The quantitative estimate of drug-likeness (QED) is 0.0210. The van der Waals surface area contributed by atoms with Crippen LogP contribution in [0.25, 0.3) is 0 Å². The van der Waals surface area contributed by atoms with Crippen LogP contribution in [0.15, 0.2) is 154 Å². The molecule has 76 heavy (non-hydrogen) atoms. The van der Waals surface area contributed by atoms with E-state index in [-0.39, 0.29) is 57.0 Å². The van der Waals surface area contributed by atoms with Gasteiger partial charge >= 0.3 is 5.97 Å². The fourth-order valence-electron chi connectivity index (χ4n) is 5.92. The molecular formula is C52H56Br7Cl2N7O6S2. The molecule has 0 spiro atoms. The lowest BCUT2D eigenvalue weighted by Crippen LogP contribution is -2.24. The Hall–Kier alpha value is -2.94. The van der Waals surface area contributed by atoms with Crippen LogP contribution in [-0.2, 0) is 48.1 Å². The Bertz CT molecular complexity index is 2730. The number of rotatable bonds is 10. The van der Waals surface area contributed by atoms with Gasteiger partial charge < -0.3 is 48.1 Å². The van der Waals surface area contributed by atoms with E-state index in [0.717, 1.165) is 62.3 Å². The van der Waals surface area contributed by atoms with Crippen LogP contribution in [0.4, 0.5) is 0 Å². The monoisotopic (exact) mass is 1560 g/mol. The number of benzene rings is 6. The van der Waals surface area contributed by atoms with Crippen molar-refractivity contribution in [2.24, 2.45) is 22.9 Å². The minimum Gasteiger partial charge on any atom is -0.457 e. The average molecular weight is 1570 g/mol. The Kier molecular flexibility index (Phi) is 38.5. The Morgan fingerprint density at radius 2 is 1.03 bits per heavy atom. The molecule has 0 unspecified atom stereocenters. The third kappa shape index (κ3) is 30.4. The third-order valence-electron chi connectivity index (χ3n) is 9.55. The zero-order chi connectivity index (χ0) is 55.7. The van der Waals surface area contributed by atoms with Crippen molar-refractivity contribution in [3.05, 3.63) is 204 Å². The number of esters is 1. The van der Waals surface area contributed by atoms with E-state index < -0.39 is 0 Å². The maximum atomic E-state index is 12.5. The van der Waals surface area contributed by atoms with Crippen LogP contribution in [0.2, 0.25) is 0 Å². The number of carbonyl (C=O) groups excluding carboxylic acids is 3. The molecule has 12 N–H and O–H groups in total. The fourth-order valence-corrected chi connectivity index (χ4v) is 8.35. The highest BCUT2D eigenvalue weighted by Gasteiger charge is 2.20. The number of nitrogens with two attached hydrogens (primary N) is 4. The molecule has 6 aromatic rings. The molecule has 0 aliphatic carbocycles. The van der Waals surface area contributed by atoms with Gasteiger partial charge in [-0.2, -0.15) is 0 Å². The summed E-state index contributed by atoms with van der Waals surface area (Å²) in [6, 6.07) is 39.9. The number of nitrogens with one attached hydrogen (secondary N) is 3. The number of fused-ring (bicyclic) bond motifs is 1. The molecule has 0 radical (unpaired) electrons. The van der Waals surface area contributed by atoms with Crippen LogP contribution in [0.3, 0.4) is 0 Å². The standard InChI is InChI=1S/C16H15Br2N3OS.C15H13Br2NO2.C8H5BrO2.C7H8BrN.C4H8O.CH2Cl2.CH4N2S.BrH/c17-12-4-1-10(2-5-12)8-21-15(22)14-7-13(18)6-3-11(14)9-23-16(19)20;16-12-4-1-10(2-5-12)8-18-15(20)14-7-13(17)6-3-11(14)9-19;9-6-2-1-5-4-11-8(10)7(5)3-6;8-7-3-1-6(5-9)2-4-7;1-2-4-5-3-1;2-1-3;2-1(3)4;/h1-7H,8-9H2,(H3,19,20)(H,21,22);1-7,19H,8-9H2,(H,18,20);1-3H,4H2;1-4H,5,9H2;1-4H2;1H2;(H4,2,3,4);1H.